The molecule has 3 aromatic carbocycles. The van der Waals surface area contributed by atoms with Crippen molar-refractivity contribution in [1.82, 2.24) is 0 Å². The fourth-order valence-corrected chi connectivity index (χ4v) is 2.22. The standard InChI is InChI=1S/C23H16/c1-3-10-20(11-4-1)14-9-17-22-15-7-8-16-23(22)19-18-21-12-5-2-6-13-21/h1-8,10-13,15-16H,17H2. The van der Waals surface area contributed by atoms with Crippen molar-refractivity contribution in [3.8, 4) is 23.7 Å². The van der Waals surface area contributed by atoms with Crippen LogP contribution in [0, 0.1) is 23.7 Å². The molecule has 0 saturated carbocycles. The van der Waals surface area contributed by atoms with E-state index in [1.165, 1.54) is 5.56 Å². The third-order valence-corrected chi connectivity index (χ3v) is 3.42. The van der Waals surface area contributed by atoms with Crippen LogP contribution in [0.4, 0.5) is 0 Å². The van der Waals surface area contributed by atoms with Gasteiger partial charge in [0.15, 0.2) is 0 Å². The van der Waals surface area contributed by atoms with Crippen molar-refractivity contribution in [2.45, 2.75) is 6.42 Å². The zero-order valence-electron chi connectivity index (χ0n) is 12.8. The van der Waals surface area contributed by atoms with Crippen molar-refractivity contribution in [2.75, 3.05) is 0 Å². The zero-order valence-corrected chi connectivity index (χ0v) is 12.8. The van der Waals surface area contributed by atoms with Gasteiger partial charge in [-0.25, -0.2) is 0 Å². The molecule has 0 radical (unpaired) electrons. The average Bonchev–Trinajstić information content (AvgIpc) is 2.63. The molecule has 0 amide bonds. The molecule has 0 aliphatic rings. The van der Waals surface area contributed by atoms with E-state index in [1.54, 1.807) is 0 Å². The van der Waals surface area contributed by atoms with E-state index in [4.69, 9.17) is 0 Å². The van der Waals surface area contributed by atoms with Crippen LogP contribution in [0.25, 0.3) is 0 Å². The largest absolute Gasteiger partial charge is 0.0931 e. The summed E-state index contributed by atoms with van der Waals surface area (Å²) in [7, 11) is 0. The molecule has 3 rings (SSSR count). The normalized spacial score (nSPS) is 9.22. The van der Waals surface area contributed by atoms with Crippen molar-refractivity contribution in [1.29, 1.82) is 0 Å². The Morgan fingerprint density at radius 2 is 1.09 bits per heavy atom. The van der Waals surface area contributed by atoms with E-state index in [1.807, 2.05) is 72.8 Å². The third-order valence-electron chi connectivity index (χ3n) is 3.42. The Kier molecular flexibility index (Phi) is 4.92. The van der Waals surface area contributed by atoms with Gasteiger partial charge in [-0.15, -0.1) is 0 Å². The van der Waals surface area contributed by atoms with Crippen LogP contribution in [-0.4, -0.2) is 0 Å². The van der Waals surface area contributed by atoms with Crippen LogP contribution in [0.15, 0.2) is 84.9 Å². The molecule has 23 heavy (non-hydrogen) atoms. The average molecular weight is 292 g/mol. The first kappa shape index (κ1) is 14.7. The third kappa shape index (κ3) is 4.37. The van der Waals surface area contributed by atoms with E-state index in [9.17, 15) is 0 Å². The van der Waals surface area contributed by atoms with Crippen molar-refractivity contribution in [3.05, 3.63) is 107 Å². The first-order chi connectivity index (χ1) is 11.4. The molecular weight excluding hydrogens is 276 g/mol. The Balaban J connectivity index is 1.79. The van der Waals surface area contributed by atoms with Crippen LogP contribution in [0.3, 0.4) is 0 Å². The highest BCUT2D eigenvalue weighted by molar-refractivity contribution is 5.47. The first-order valence-electron chi connectivity index (χ1n) is 7.61. The maximum Gasteiger partial charge on any atom is 0.0356 e. The second-order valence-corrected chi connectivity index (χ2v) is 5.12. The summed E-state index contributed by atoms with van der Waals surface area (Å²) in [5, 5.41) is 0. The van der Waals surface area contributed by atoms with Crippen molar-refractivity contribution < 1.29 is 0 Å². The topological polar surface area (TPSA) is 0 Å². The van der Waals surface area contributed by atoms with Gasteiger partial charge < -0.3 is 0 Å². The summed E-state index contributed by atoms with van der Waals surface area (Å²) in [6.45, 7) is 0. The monoisotopic (exact) mass is 292 g/mol. The maximum absolute atomic E-state index is 3.26. The van der Waals surface area contributed by atoms with Gasteiger partial charge in [0.1, 0.15) is 0 Å². The van der Waals surface area contributed by atoms with Crippen molar-refractivity contribution in [2.24, 2.45) is 0 Å². The van der Waals surface area contributed by atoms with Gasteiger partial charge in [0.25, 0.3) is 0 Å². The molecule has 0 atom stereocenters. The Hall–Kier alpha value is -3.22. The van der Waals surface area contributed by atoms with Crippen LogP contribution in [0.1, 0.15) is 22.3 Å². The molecule has 0 spiro atoms. The summed E-state index contributed by atoms with van der Waals surface area (Å²) in [4.78, 5) is 0. The van der Waals surface area contributed by atoms with E-state index in [0.29, 0.717) is 6.42 Å². The molecule has 0 heteroatoms. The van der Waals surface area contributed by atoms with Gasteiger partial charge in [0, 0.05) is 23.1 Å². The summed E-state index contributed by atoms with van der Waals surface area (Å²) in [6.07, 6.45) is 0.703. The molecule has 3 aromatic rings. The molecule has 0 nitrogen and oxygen atoms in total. The summed E-state index contributed by atoms with van der Waals surface area (Å²) in [5.74, 6) is 12.9. The predicted molar refractivity (Wildman–Crippen MR) is 95.9 cm³/mol. The van der Waals surface area contributed by atoms with Gasteiger partial charge in [0.05, 0.1) is 0 Å². The minimum atomic E-state index is 0.703. The van der Waals surface area contributed by atoms with Crippen LogP contribution >= 0.6 is 0 Å². The van der Waals surface area contributed by atoms with Gasteiger partial charge in [0.2, 0.25) is 0 Å². The van der Waals surface area contributed by atoms with E-state index in [-0.39, 0.29) is 0 Å². The van der Waals surface area contributed by atoms with Crippen LogP contribution in [0.2, 0.25) is 0 Å². The second-order valence-electron chi connectivity index (χ2n) is 5.12. The molecule has 0 saturated heterocycles. The Bertz CT molecular complexity index is 883. The zero-order chi connectivity index (χ0) is 15.7. The predicted octanol–water partition coefficient (Wildman–Crippen LogP) is 4.68. The lowest BCUT2D eigenvalue weighted by molar-refractivity contribution is 1.30. The summed E-state index contributed by atoms with van der Waals surface area (Å²) in [5.41, 5.74) is 4.27. The molecule has 0 unspecified atom stereocenters. The quantitative estimate of drug-likeness (QED) is 0.571. The van der Waals surface area contributed by atoms with Crippen LogP contribution < -0.4 is 0 Å². The number of hydrogen-bond donors (Lipinski definition) is 0. The van der Waals surface area contributed by atoms with E-state index >= 15 is 0 Å². The highest BCUT2D eigenvalue weighted by atomic mass is 14.0. The molecular formula is C23H16. The SMILES string of the molecule is C(#Cc1ccccc1)Cc1ccccc1C#Cc1ccccc1. The van der Waals surface area contributed by atoms with Gasteiger partial charge in [-0.3, -0.25) is 0 Å². The molecule has 0 bridgehead atoms. The molecule has 0 fully saturated rings. The fourth-order valence-electron chi connectivity index (χ4n) is 2.22. The van der Waals surface area contributed by atoms with Gasteiger partial charge >= 0.3 is 0 Å². The Labute approximate surface area is 137 Å². The molecule has 0 heterocycles. The molecule has 0 N–H and O–H groups in total. The molecule has 0 aromatic heterocycles. The van der Waals surface area contributed by atoms with E-state index in [0.717, 1.165) is 16.7 Å². The maximum atomic E-state index is 3.26. The lowest BCUT2D eigenvalue weighted by Crippen LogP contribution is -1.88. The van der Waals surface area contributed by atoms with Crippen LogP contribution in [-0.2, 0) is 6.42 Å². The van der Waals surface area contributed by atoms with Crippen LogP contribution in [0.5, 0.6) is 0 Å². The highest BCUT2D eigenvalue weighted by Crippen LogP contribution is 2.08. The molecule has 108 valence electrons. The number of rotatable bonds is 1. The molecule has 0 aliphatic heterocycles. The second kappa shape index (κ2) is 7.69. The number of hydrogen-bond acceptors (Lipinski definition) is 0. The van der Waals surface area contributed by atoms with E-state index in [2.05, 4.69) is 35.8 Å². The lowest BCUT2D eigenvalue weighted by Gasteiger charge is -1.99. The van der Waals surface area contributed by atoms with Gasteiger partial charge in [-0.1, -0.05) is 78.3 Å². The highest BCUT2D eigenvalue weighted by Gasteiger charge is 1.96. The number of benzene rings is 3. The summed E-state index contributed by atoms with van der Waals surface area (Å²) in [6, 6.07) is 28.3. The Morgan fingerprint density at radius 1 is 0.522 bits per heavy atom. The Morgan fingerprint density at radius 3 is 1.78 bits per heavy atom. The van der Waals surface area contributed by atoms with Crippen molar-refractivity contribution >= 4 is 0 Å². The molecule has 0 aliphatic carbocycles. The summed E-state index contributed by atoms with van der Waals surface area (Å²) < 4.78 is 0. The minimum absolute atomic E-state index is 0.703. The van der Waals surface area contributed by atoms with Crippen molar-refractivity contribution in [3.63, 3.8) is 0 Å². The summed E-state index contributed by atoms with van der Waals surface area (Å²) >= 11 is 0. The lowest BCUT2D eigenvalue weighted by atomic mass is 10.0. The smallest absolute Gasteiger partial charge is 0.0356 e. The van der Waals surface area contributed by atoms with Gasteiger partial charge in [-0.05, 0) is 35.9 Å². The van der Waals surface area contributed by atoms with E-state index < -0.39 is 0 Å². The fraction of sp³-hybridized carbons (Fsp3) is 0.0435. The first-order valence-corrected chi connectivity index (χ1v) is 7.61. The minimum Gasteiger partial charge on any atom is -0.0931 e. The van der Waals surface area contributed by atoms with Gasteiger partial charge in [-0.2, -0.15) is 0 Å².